The second kappa shape index (κ2) is 4.99. The van der Waals surface area contributed by atoms with E-state index in [9.17, 15) is 4.79 Å². The zero-order valence-electron chi connectivity index (χ0n) is 12.0. The number of esters is 1. The quantitative estimate of drug-likeness (QED) is 0.797. The van der Waals surface area contributed by atoms with Crippen molar-refractivity contribution in [2.24, 2.45) is 0 Å². The summed E-state index contributed by atoms with van der Waals surface area (Å²) in [4.78, 5) is 11.9. The molecular weight excluding hydrogens is 242 g/mol. The van der Waals surface area contributed by atoms with E-state index in [0.29, 0.717) is 0 Å². The lowest BCUT2D eigenvalue weighted by atomic mass is 10.1. The van der Waals surface area contributed by atoms with Gasteiger partial charge in [-0.1, -0.05) is 5.21 Å². The lowest BCUT2D eigenvalue weighted by molar-refractivity contribution is -0.151. The Bertz CT molecular complexity index is 616. The number of carbonyl (C=O) groups excluding carboxylic acids is 1. The van der Waals surface area contributed by atoms with Gasteiger partial charge in [0, 0.05) is 0 Å². The predicted molar refractivity (Wildman–Crippen MR) is 72.9 cm³/mol. The molecule has 1 unspecified atom stereocenters. The molecule has 5 heteroatoms. The van der Waals surface area contributed by atoms with Gasteiger partial charge in [0.1, 0.15) is 11.6 Å². The lowest BCUT2D eigenvalue weighted by Gasteiger charge is -2.14. The topological polar surface area (TPSA) is 57.0 Å². The first-order valence-electron chi connectivity index (χ1n) is 6.42. The van der Waals surface area contributed by atoms with E-state index in [1.54, 1.807) is 11.6 Å². The molecule has 1 aromatic heterocycles. The van der Waals surface area contributed by atoms with Crippen LogP contribution in [0.2, 0.25) is 0 Å². The molecule has 0 aliphatic rings. The van der Waals surface area contributed by atoms with Crippen molar-refractivity contribution in [2.75, 3.05) is 0 Å². The highest BCUT2D eigenvalue weighted by molar-refractivity contribution is 5.80. The summed E-state index contributed by atoms with van der Waals surface area (Å²) in [6.45, 7) is 9.50. The molecule has 0 aliphatic heterocycles. The van der Waals surface area contributed by atoms with Crippen LogP contribution in [0, 0.1) is 13.8 Å². The second-order valence-corrected chi connectivity index (χ2v) is 5.12. The van der Waals surface area contributed by atoms with Crippen molar-refractivity contribution in [1.82, 2.24) is 15.0 Å². The number of aryl methyl sites for hydroxylation is 2. The van der Waals surface area contributed by atoms with E-state index in [1.165, 1.54) is 0 Å². The molecule has 0 saturated heterocycles. The van der Waals surface area contributed by atoms with Crippen LogP contribution in [0.25, 0.3) is 11.0 Å². The highest BCUT2D eigenvalue weighted by atomic mass is 16.5. The number of nitrogens with zero attached hydrogens (tertiary/aromatic N) is 3. The Morgan fingerprint density at radius 1 is 1.21 bits per heavy atom. The first-order valence-corrected chi connectivity index (χ1v) is 6.42. The van der Waals surface area contributed by atoms with Crippen LogP contribution in [-0.4, -0.2) is 27.1 Å². The SMILES string of the molecule is Cc1cc2nnn(C(C)C(=O)OC(C)C)c2cc1C. The maximum atomic E-state index is 11.9. The van der Waals surface area contributed by atoms with Crippen LogP contribution < -0.4 is 0 Å². The Kier molecular flexibility index (Phi) is 3.55. The first-order chi connectivity index (χ1) is 8.90. The molecule has 1 atom stereocenters. The fraction of sp³-hybridized carbons (Fsp3) is 0.500. The predicted octanol–water partition coefficient (Wildman–Crippen LogP) is 2.56. The van der Waals surface area contributed by atoms with Crippen molar-refractivity contribution in [3.05, 3.63) is 23.3 Å². The second-order valence-electron chi connectivity index (χ2n) is 5.12. The molecule has 0 aliphatic carbocycles. The molecule has 0 bridgehead atoms. The summed E-state index contributed by atoms with van der Waals surface area (Å²) in [6, 6.07) is 3.51. The van der Waals surface area contributed by atoms with Crippen molar-refractivity contribution in [2.45, 2.75) is 46.8 Å². The summed E-state index contributed by atoms with van der Waals surface area (Å²) in [5.74, 6) is -0.292. The molecule has 0 spiro atoms. The van der Waals surface area contributed by atoms with Gasteiger partial charge in [-0.15, -0.1) is 5.10 Å². The number of fused-ring (bicyclic) bond motifs is 1. The average molecular weight is 261 g/mol. The molecule has 0 fully saturated rings. The number of hydrogen-bond acceptors (Lipinski definition) is 4. The third-order valence-corrected chi connectivity index (χ3v) is 3.15. The van der Waals surface area contributed by atoms with Gasteiger partial charge in [-0.3, -0.25) is 0 Å². The zero-order chi connectivity index (χ0) is 14.2. The maximum Gasteiger partial charge on any atom is 0.330 e. The monoisotopic (exact) mass is 261 g/mol. The number of rotatable bonds is 3. The molecule has 0 saturated carbocycles. The van der Waals surface area contributed by atoms with E-state index < -0.39 is 6.04 Å². The molecule has 2 aromatic rings. The minimum Gasteiger partial charge on any atom is -0.461 e. The molecule has 102 valence electrons. The van der Waals surface area contributed by atoms with Gasteiger partial charge in [-0.25, -0.2) is 9.48 Å². The molecule has 5 nitrogen and oxygen atoms in total. The standard InChI is InChI=1S/C14H19N3O2/c1-8(2)19-14(18)11(5)17-13-7-10(4)9(3)6-12(13)15-16-17/h6-8,11H,1-5H3. The molecule has 2 rings (SSSR count). The number of aromatic nitrogens is 3. The van der Waals surface area contributed by atoms with E-state index in [4.69, 9.17) is 4.74 Å². The molecule has 1 aromatic carbocycles. The van der Waals surface area contributed by atoms with E-state index >= 15 is 0 Å². The van der Waals surface area contributed by atoms with Crippen molar-refractivity contribution in [3.63, 3.8) is 0 Å². The summed E-state index contributed by atoms with van der Waals surface area (Å²) in [5, 5.41) is 8.18. The van der Waals surface area contributed by atoms with Gasteiger partial charge in [0.2, 0.25) is 0 Å². The van der Waals surface area contributed by atoms with Gasteiger partial charge in [0.25, 0.3) is 0 Å². The number of hydrogen-bond donors (Lipinski definition) is 0. The molecule has 1 heterocycles. The smallest absolute Gasteiger partial charge is 0.330 e. The van der Waals surface area contributed by atoms with Crippen LogP contribution in [0.4, 0.5) is 0 Å². The van der Waals surface area contributed by atoms with Gasteiger partial charge in [0.15, 0.2) is 0 Å². The highest BCUT2D eigenvalue weighted by Gasteiger charge is 2.21. The van der Waals surface area contributed by atoms with E-state index in [0.717, 1.165) is 22.2 Å². The summed E-state index contributed by atoms with van der Waals surface area (Å²) < 4.78 is 6.83. The largest absolute Gasteiger partial charge is 0.461 e. The van der Waals surface area contributed by atoms with Gasteiger partial charge in [0.05, 0.1) is 11.6 Å². The average Bonchev–Trinajstić information content (AvgIpc) is 2.70. The minimum atomic E-state index is -0.477. The molecule has 19 heavy (non-hydrogen) atoms. The van der Waals surface area contributed by atoms with Gasteiger partial charge >= 0.3 is 5.97 Å². The fourth-order valence-corrected chi connectivity index (χ4v) is 1.91. The fourth-order valence-electron chi connectivity index (χ4n) is 1.91. The number of benzene rings is 1. The van der Waals surface area contributed by atoms with Crippen LogP contribution in [0.5, 0.6) is 0 Å². The van der Waals surface area contributed by atoms with Crippen LogP contribution >= 0.6 is 0 Å². The Morgan fingerprint density at radius 3 is 2.47 bits per heavy atom. The summed E-state index contributed by atoms with van der Waals surface area (Å²) in [5.41, 5.74) is 3.97. The first kappa shape index (κ1) is 13.5. The van der Waals surface area contributed by atoms with Crippen molar-refractivity contribution < 1.29 is 9.53 Å². The summed E-state index contributed by atoms with van der Waals surface area (Å²) in [6.07, 6.45) is -0.131. The van der Waals surface area contributed by atoms with Crippen LogP contribution in [0.15, 0.2) is 12.1 Å². The highest BCUT2D eigenvalue weighted by Crippen LogP contribution is 2.20. The molecular formula is C14H19N3O2. The Labute approximate surface area is 112 Å². The van der Waals surface area contributed by atoms with Crippen molar-refractivity contribution >= 4 is 17.0 Å². The Balaban J connectivity index is 2.40. The number of ether oxygens (including phenoxy) is 1. The van der Waals surface area contributed by atoms with Crippen LogP contribution in [-0.2, 0) is 9.53 Å². The normalized spacial score (nSPS) is 12.9. The number of carbonyl (C=O) groups is 1. The van der Waals surface area contributed by atoms with Crippen LogP contribution in [0.3, 0.4) is 0 Å². The van der Waals surface area contributed by atoms with Crippen LogP contribution in [0.1, 0.15) is 37.9 Å². The van der Waals surface area contributed by atoms with E-state index in [2.05, 4.69) is 10.3 Å². The van der Waals surface area contributed by atoms with E-state index in [1.807, 2.05) is 39.8 Å². The lowest BCUT2D eigenvalue weighted by Crippen LogP contribution is -2.23. The van der Waals surface area contributed by atoms with Gasteiger partial charge < -0.3 is 4.74 Å². The molecule has 0 radical (unpaired) electrons. The third kappa shape index (κ3) is 2.59. The van der Waals surface area contributed by atoms with Gasteiger partial charge in [-0.05, 0) is 57.9 Å². The summed E-state index contributed by atoms with van der Waals surface area (Å²) in [7, 11) is 0. The summed E-state index contributed by atoms with van der Waals surface area (Å²) >= 11 is 0. The van der Waals surface area contributed by atoms with E-state index in [-0.39, 0.29) is 12.1 Å². The van der Waals surface area contributed by atoms with Crippen molar-refractivity contribution in [1.29, 1.82) is 0 Å². The molecule has 0 amide bonds. The van der Waals surface area contributed by atoms with Crippen molar-refractivity contribution in [3.8, 4) is 0 Å². The molecule has 0 N–H and O–H groups in total. The Hall–Kier alpha value is -1.91. The van der Waals surface area contributed by atoms with Gasteiger partial charge in [-0.2, -0.15) is 0 Å². The Morgan fingerprint density at radius 2 is 1.84 bits per heavy atom. The third-order valence-electron chi connectivity index (χ3n) is 3.15. The maximum absolute atomic E-state index is 11.9. The zero-order valence-corrected chi connectivity index (χ0v) is 12.0. The minimum absolute atomic E-state index is 0.131.